The minimum absolute atomic E-state index is 0.177. The van der Waals surface area contributed by atoms with E-state index in [0.29, 0.717) is 67.3 Å². The number of ether oxygens (including phenoxy) is 2. The molecule has 0 radical (unpaired) electrons. The molecular weight excluding hydrogens is 655 g/mol. The number of benzene rings is 3. The summed E-state index contributed by atoms with van der Waals surface area (Å²) in [5, 5.41) is 2.15. The summed E-state index contributed by atoms with van der Waals surface area (Å²) in [5.41, 5.74) is 4.17. The van der Waals surface area contributed by atoms with Crippen molar-refractivity contribution in [3.63, 3.8) is 0 Å². The van der Waals surface area contributed by atoms with Crippen LogP contribution < -0.4 is 24.4 Å². The van der Waals surface area contributed by atoms with Gasteiger partial charge in [-0.1, -0.05) is 58.8 Å². The quantitative estimate of drug-likeness (QED) is 0.179. The number of hydrogen-bond acceptors (Lipinski definition) is 6. The van der Waals surface area contributed by atoms with Crippen molar-refractivity contribution in [2.45, 2.75) is 33.4 Å². The summed E-state index contributed by atoms with van der Waals surface area (Å²) in [4.78, 5) is 35.6. The molecule has 0 aliphatic carbocycles. The molecule has 0 bridgehead atoms. The van der Waals surface area contributed by atoms with Gasteiger partial charge in [-0.15, -0.1) is 0 Å². The lowest BCUT2D eigenvalue weighted by Gasteiger charge is -2.30. The molecule has 2 aromatic heterocycles. The van der Waals surface area contributed by atoms with E-state index in [1.54, 1.807) is 41.9 Å². The van der Waals surface area contributed by atoms with Crippen LogP contribution in [0.5, 0.6) is 11.5 Å². The van der Waals surface area contributed by atoms with Gasteiger partial charge >= 0.3 is 0 Å². The van der Waals surface area contributed by atoms with Gasteiger partial charge in [0.15, 0.2) is 4.80 Å². The SMILES string of the molecule is CCN(CC)C(=O)C1=C(C)N=c2s/c(=C/c3cn(Cc4ccc(Cl)cc4Cl)c4ccccc34)c(=O)n2[C@@H]1c1cc(OC)ccc1OC. The maximum atomic E-state index is 14.5. The highest BCUT2D eigenvalue weighted by Gasteiger charge is 2.36. The Morgan fingerprint density at radius 2 is 1.81 bits per heavy atom. The molecule has 3 aromatic carbocycles. The van der Waals surface area contributed by atoms with E-state index >= 15 is 0 Å². The normalized spacial score (nSPS) is 14.7. The van der Waals surface area contributed by atoms with Gasteiger partial charge in [-0.2, -0.15) is 0 Å². The molecule has 1 amide bonds. The third-order valence-electron chi connectivity index (χ3n) is 8.50. The molecule has 0 N–H and O–H groups in total. The maximum Gasteiger partial charge on any atom is 0.271 e. The topological polar surface area (TPSA) is 78.1 Å². The Morgan fingerprint density at radius 3 is 2.51 bits per heavy atom. The minimum atomic E-state index is -0.778. The highest BCUT2D eigenvalue weighted by atomic mass is 35.5. The Hall–Kier alpha value is -4.31. The number of carbonyl (C=O) groups excluding carboxylic acids is 1. The molecule has 6 rings (SSSR count). The number of thiazole rings is 1. The Morgan fingerprint density at radius 1 is 1.04 bits per heavy atom. The molecule has 1 aliphatic rings. The van der Waals surface area contributed by atoms with Crippen LogP contribution in [0.4, 0.5) is 0 Å². The second kappa shape index (κ2) is 13.4. The highest BCUT2D eigenvalue weighted by molar-refractivity contribution is 7.07. The molecule has 3 heterocycles. The van der Waals surface area contributed by atoms with Gasteiger partial charge in [-0.25, -0.2) is 4.99 Å². The van der Waals surface area contributed by atoms with Gasteiger partial charge in [0.2, 0.25) is 0 Å². The van der Waals surface area contributed by atoms with Crippen molar-refractivity contribution >= 4 is 57.4 Å². The zero-order chi connectivity index (χ0) is 33.4. The van der Waals surface area contributed by atoms with Gasteiger partial charge < -0.3 is 18.9 Å². The predicted molar refractivity (Wildman–Crippen MR) is 189 cm³/mol. The smallest absolute Gasteiger partial charge is 0.271 e. The number of para-hydroxylation sites is 1. The van der Waals surface area contributed by atoms with Crippen molar-refractivity contribution in [2.75, 3.05) is 27.3 Å². The lowest BCUT2D eigenvalue weighted by atomic mass is 9.93. The molecule has 0 unspecified atom stereocenters. The maximum absolute atomic E-state index is 14.5. The first-order chi connectivity index (χ1) is 22.7. The monoisotopic (exact) mass is 688 g/mol. The summed E-state index contributed by atoms with van der Waals surface area (Å²) < 4.78 is 15.6. The first-order valence-corrected chi connectivity index (χ1v) is 16.8. The molecule has 0 fully saturated rings. The average molecular weight is 690 g/mol. The largest absolute Gasteiger partial charge is 0.497 e. The fourth-order valence-corrected chi connectivity index (χ4v) is 7.62. The molecule has 8 nitrogen and oxygen atoms in total. The molecule has 5 aromatic rings. The van der Waals surface area contributed by atoms with Gasteiger partial charge in [0.25, 0.3) is 11.5 Å². The Labute approximate surface area is 286 Å². The van der Waals surface area contributed by atoms with Crippen LogP contribution in [-0.4, -0.2) is 47.3 Å². The number of methoxy groups -OCH3 is 2. The van der Waals surface area contributed by atoms with Crippen molar-refractivity contribution < 1.29 is 14.3 Å². The number of likely N-dealkylation sites (N-methyl/N-ethyl adjacent to an activating group) is 1. The first-order valence-electron chi connectivity index (χ1n) is 15.2. The van der Waals surface area contributed by atoms with Crippen molar-refractivity contribution in [3.05, 3.63) is 125 Å². The number of halogens is 2. The summed E-state index contributed by atoms with van der Waals surface area (Å²) in [7, 11) is 3.15. The second-order valence-corrected chi connectivity index (χ2v) is 13.0. The third-order valence-corrected chi connectivity index (χ3v) is 10.1. The third kappa shape index (κ3) is 5.99. The zero-order valence-electron chi connectivity index (χ0n) is 26.7. The minimum Gasteiger partial charge on any atom is -0.497 e. The molecule has 242 valence electrons. The van der Waals surface area contributed by atoms with Crippen LogP contribution >= 0.6 is 34.5 Å². The molecule has 0 spiro atoms. The van der Waals surface area contributed by atoms with E-state index in [4.69, 9.17) is 37.7 Å². The fourth-order valence-electron chi connectivity index (χ4n) is 6.12. The van der Waals surface area contributed by atoms with E-state index in [9.17, 15) is 9.59 Å². The van der Waals surface area contributed by atoms with Crippen molar-refractivity contribution in [1.82, 2.24) is 14.0 Å². The van der Waals surface area contributed by atoms with Crippen LogP contribution in [0.1, 0.15) is 43.5 Å². The number of hydrogen-bond donors (Lipinski definition) is 0. The van der Waals surface area contributed by atoms with Crippen molar-refractivity contribution in [3.8, 4) is 11.5 Å². The van der Waals surface area contributed by atoms with E-state index in [2.05, 4.69) is 4.57 Å². The molecule has 0 saturated heterocycles. The summed E-state index contributed by atoms with van der Waals surface area (Å²) in [6, 6.07) is 18.2. The first kappa shape index (κ1) is 32.6. The molecule has 0 saturated carbocycles. The molecular formula is C36H34Cl2N4O4S. The number of aromatic nitrogens is 2. The van der Waals surface area contributed by atoms with E-state index < -0.39 is 6.04 Å². The van der Waals surface area contributed by atoms with Crippen LogP contribution in [0.2, 0.25) is 10.0 Å². The molecule has 1 atom stereocenters. The van der Waals surface area contributed by atoms with E-state index in [1.807, 2.05) is 75.5 Å². The predicted octanol–water partition coefficient (Wildman–Crippen LogP) is 6.43. The number of rotatable bonds is 9. The van der Waals surface area contributed by atoms with Gasteiger partial charge in [-0.05, 0) is 68.8 Å². The average Bonchev–Trinajstić information content (AvgIpc) is 3.57. The fraction of sp³-hybridized carbons (Fsp3) is 0.250. The Kier molecular flexibility index (Phi) is 9.32. The van der Waals surface area contributed by atoms with Crippen LogP contribution in [0.15, 0.2) is 87.9 Å². The van der Waals surface area contributed by atoms with Gasteiger partial charge in [0.1, 0.15) is 17.5 Å². The molecule has 11 heteroatoms. The van der Waals surface area contributed by atoms with Crippen LogP contribution in [-0.2, 0) is 11.3 Å². The molecule has 47 heavy (non-hydrogen) atoms. The van der Waals surface area contributed by atoms with Gasteiger partial charge in [0, 0.05) is 57.9 Å². The van der Waals surface area contributed by atoms with Crippen molar-refractivity contribution in [1.29, 1.82) is 0 Å². The highest BCUT2D eigenvalue weighted by Crippen LogP contribution is 2.38. The summed E-state index contributed by atoms with van der Waals surface area (Å²) in [6.45, 7) is 7.25. The standard InChI is InChI=1S/C36H34Cl2N4O4S/c1-6-40(7-2)35(44)32-21(3)39-36-42(33(32)27-18-25(45-4)14-15-30(27)46-5)34(43)31(47-36)16-23-20-41(29-11-9-8-10-26(23)29)19-22-12-13-24(37)17-28(22)38/h8-18,20,33H,6-7,19H2,1-5H3/b31-16+/t33-/m1/s1. The Balaban J connectivity index is 1.55. The number of nitrogens with zero attached hydrogens (tertiary/aromatic N) is 4. The van der Waals surface area contributed by atoms with Crippen molar-refractivity contribution in [2.24, 2.45) is 4.99 Å². The number of carbonyl (C=O) groups is 1. The summed E-state index contributed by atoms with van der Waals surface area (Å²) in [6.07, 6.45) is 3.92. The van der Waals surface area contributed by atoms with Crippen LogP contribution in [0.25, 0.3) is 17.0 Å². The number of fused-ring (bicyclic) bond motifs is 2. The van der Waals surface area contributed by atoms with Crippen LogP contribution in [0.3, 0.4) is 0 Å². The lowest BCUT2D eigenvalue weighted by Crippen LogP contribution is -2.43. The summed E-state index contributed by atoms with van der Waals surface area (Å²) >= 11 is 14.0. The number of amides is 1. The van der Waals surface area contributed by atoms with Gasteiger partial charge in [-0.3, -0.25) is 14.2 Å². The van der Waals surface area contributed by atoms with Crippen LogP contribution in [0, 0.1) is 0 Å². The van der Waals surface area contributed by atoms with E-state index in [0.717, 1.165) is 22.0 Å². The van der Waals surface area contributed by atoms with E-state index in [-0.39, 0.29) is 11.5 Å². The summed E-state index contributed by atoms with van der Waals surface area (Å²) in [5.74, 6) is 0.944. The zero-order valence-corrected chi connectivity index (χ0v) is 29.0. The Bertz CT molecular complexity index is 2230. The second-order valence-electron chi connectivity index (χ2n) is 11.1. The molecule has 1 aliphatic heterocycles. The van der Waals surface area contributed by atoms with E-state index in [1.165, 1.54) is 11.3 Å². The van der Waals surface area contributed by atoms with Gasteiger partial charge in [0.05, 0.1) is 30.0 Å². The number of allylic oxidation sites excluding steroid dienone is 1. The lowest BCUT2D eigenvalue weighted by molar-refractivity contribution is -0.127.